The van der Waals surface area contributed by atoms with Crippen molar-refractivity contribution in [2.45, 2.75) is 57.5 Å². The highest BCUT2D eigenvalue weighted by molar-refractivity contribution is 6.00. The van der Waals surface area contributed by atoms with Crippen LogP contribution in [0.15, 0.2) is 0 Å². The van der Waals surface area contributed by atoms with Gasteiger partial charge in [-0.05, 0) is 38.5 Å². The topological polar surface area (TPSA) is 58.6 Å². The third kappa shape index (κ3) is 2.82. The highest BCUT2D eigenvalue weighted by atomic mass is 16.5. The average Bonchev–Trinajstić information content (AvgIpc) is 3.24. The van der Waals surface area contributed by atoms with Crippen LogP contribution in [0.25, 0.3) is 0 Å². The van der Waals surface area contributed by atoms with E-state index >= 15 is 0 Å². The highest BCUT2D eigenvalue weighted by Gasteiger charge is 2.54. The molecule has 1 saturated heterocycles. The summed E-state index contributed by atoms with van der Waals surface area (Å²) in [5, 5.41) is 3.00. The lowest BCUT2D eigenvalue weighted by Gasteiger charge is -2.44. The highest BCUT2D eigenvalue weighted by Crippen LogP contribution is 2.42. The van der Waals surface area contributed by atoms with Gasteiger partial charge in [0, 0.05) is 20.3 Å². The fourth-order valence-corrected chi connectivity index (χ4v) is 3.11. The maximum Gasteiger partial charge on any atom is 0.249 e. The van der Waals surface area contributed by atoms with Gasteiger partial charge in [0.1, 0.15) is 11.6 Å². The zero-order chi connectivity index (χ0) is 14.8. The molecule has 1 aliphatic heterocycles. The number of ether oxygens (including phenoxy) is 1. The quantitative estimate of drug-likeness (QED) is 0.716. The summed E-state index contributed by atoms with van der Waals surface area (Å²) in [6.45, 7) is 5.15. The van der Waals surface area contributed by atoms with Crippen LogP contribution in [-0.4, -0.2) is 48.6 Å². The molecular formula is C15H26N2O3. The SMILES string of the molecule is CCCC1C(=O)NC(C)(C2CC2)C(=O)N1CCCOC. The van der Waals surface area contributed by atoms with E-state index in [-0.39, 0.29) is 17.9 Å². The Labute approximate surface area is 121 Å². The van der Waals surface area contributed by atoms with Crippen LogP contribution in [0.3, 0.4) is 0 Å². The number of amides is 2. The fourth-order valence-electron chi connectivity index (χ4n) is 3.11. The van der Waals surface area contributed by atoms with Crippen molar-refractivity contribution in [2.24, 2.45) is 5.92 Å². The number of hydrogen-bond acceptors (Lipinski definition) is 3. The molecule has 5 heteroatoms. The standard InChI is InChI=1S/C15H26N2O3/c1-4-6-12-13(18)16-15(2,11-7-8-11)14(19)17(12)9-5-10-20-3/h11-12H,4-10H2,1-3H3,(H,16,18). The van der Waals surface area contributed by atoms with Crippen LogP contribution in [0.4, 0.5) is 0 Å². The van der Waals surface area contributed by atoms with E-state index in [0.717, 1.165) is 32.1 Å². The molecule has 0 aromatic carbocycles. The van der Waals surface area contributed by atoms with Crippen LogP contribution in [0.1, 0.15) is 46.0 Å². The van der Waals surface area contributed by atoms with Gasteiger partial charge in [0.05, 0.1) is 0 Å². The largest absolute Gasteiger partial charge is 0.385 e. The molecule has 1 heterocycles. The van der Waals surface area contributed by atoms with Crippen LogP contribution in [-0.2, 0) is 14.3 Å². The van der Waals surface area contributed by atoms with E-state index < -0.39 is 5.54 Å². The second-order valence-corrected chi connectivity index (χ2v) is 6.12. The summed E-state index contributed by atoms with van der Waals surface area (Å²) >= 11 is 0. The molecule has 5 nitrogen and oxygen atoms in total. The van der Waals surface area contributed by atoms with Crippen molar-refractivity contribution < 1.29 is 14.3 Å². The summed E-state index contributed by atoms with van der Waals surface area (Å²) in [4.78, 5) is 27.0. The first kappa shape index (κ1) is 15.3. The molecule has 0 spiro atoms. The predicted octanol–water partition coefficient (Wildman–Crippen LogP) is 1.32. The molecule has 2 amide bonds. The third-order valence-corrected chi connectivity index (χ3v) is 4.47. The van der Waals surface area contributed by atoms with Crippen LogP contribution < -0.4 is 5.32 Å². The summed E-state index contributed by atoms with van der Waals surface area (Å²) < 4.78 is 5.06. The minimum Gasteiger partial charge on any atom is -0.385 e. The number of rotatable bonds is 7. The molecule has 0 radical (unpaired) electrons. The summed E-state index contributed by atoms with van der Waals surface area (Å²) in [6, 6.07) is -0.309. The minimum absolute atomic E-state index is 0.0123. The Bertz CT molecular complexity index is 381. The van der Waals surface area contributed by atoms with Gasteiger partial charge < -0.3 is 15.0 Å². The Hall–Kier alpha value is -1.10. The number of hydrogen-bond donors (Lipinski definition) is 1. The van der Waals surface area contributed by atoms with Gasteiger partial charge in [-0.15, -0.1) is 0 Å². The molecule has 114 valence electrons. The summed E-state index contributed by atoms with van der Waals surface area (Å²) in [5.41, 5.74) is -0.686. The smallest absolute Gasteiger partial charge is 0.249 e. The monoisotopic (exact) mass is 282 g/mol. The number of piperazine rings is 1. The zero-order valence-electron chi connectivity index (χ0n) is 12.8. The molecule has 2 aliphatic rings. The maximum atomic E-state index is 12.8. The van der Waals surface area contributed by atoms with Gasteiger partial charge >= 0.3 is 0 Å². The molecule has 2 fully saturated rings. The molecule has 0 aromatic rings. The lowest BCUT2D eigenvalue weighted by atomic mass is 9.88. The Balaban J connectivity index is 2.14. The van der Waals surface area contributed by atoms with Crippen LogP contribution in [0, 0.1) is 5.92 Å². The van der Waals surface area contributed by atoms with E-state index in [1.54, 1.807) is 12.0 Å². The Morgan fingerprint density at radius 2 is 2.10 bits per heavy atom. The van der Waals surface area contributed by atoms with Gasteiger partial charge in [-0.1, -0.05) is 13.3 Å². The first-order valence-corrected chi connectivity index (χ1v) is 7.66. The van der Waals surface area contributed by atoms with Gasteiger partial charge in [0.25, 0.3) is 0 Å². The van der Waals surface area contributed by atoms with Crippen molar-refractivity contribution in [1.29, 1.82) is 0 Å². The molecule has 2 atom stereocenters. The van der Waals surface area contributed by atoms with Crippen molar-refractivity contribution in [3.8, 4) is 0 Å². The van der Waals surface area contributed by atoms with Crippen molar-refractivity contribution >= 4 is 11.8 Å². The fraction of sp³-hybridized carbons (Fsp3) is 0.867. The Morgan fingerprint density at radius 1 is 1.40 bits per heavy atom. The Kier molecular flexibility index (Phi) is 4.68. The number of nitrogens with one attached hydrogen (secondary N) is 1. The van der Waals surface area contributed by atoms with Gasteiger partial charge in [0.15, 0.2) is 0 Å². The van der Waals surface area contributed by atoms with E-state index in [4.69, 9.17) is 4.74 Å². The summed E-state index contributed by atoms with van der Waals surface area (Å²) in [6.07, 6.45) is 4.47. The Morgan fingerprint density at radius 3 is 2.65 bits per heavy atom. The zero-order valence-corrected chi connectivity index (χ0v) is 12.8. The first-order chi connectivity index (χ1) is 9.54. The number of nitrogens with zero attached hydrogens (tertiary/aromatic N) is 1. The second kappa shape index (κ2) is 6.12. The van der Waals surface area contributed by atoms with Crippen LogP contribution >= 0.6 is 0 Å². The first-order valence-electron chi connectivity index (χ1n) is 7.66. The molecule has 1 saturated carbocycles. The van der Waals surface area contributed by atoms with E-state index in [0.29, 0.717) is 19.1 Å². The number of methoxy groups -OCH3 is 1. The van der Waals surface area contributed by atoms with Gasteiger partial charge in [-0.2, -0.15) is 0 Å². The van der Waals surface area contributed by atoms with Crippen molar-refractivity contribution in [2.75, 3.05) is 20.3 Å². The average molecular weight is 282 g/mol. The molecule has 20 heavy (non-hydrogen) atoms. The lowest BCUT2D eigenvalue weighted by Crippen LogP contribution is -2.70. The molecule has 1 aliphatic carbocycles. The van der Waals surface area contributed by atoms with Crippen LogP contribution in [0.5, 0.6) is 0 Å². The third-order valence-electron chi connectivity index (χ3n) is 4.47. The molecule has 0 aromatic heterocycles. The molecule has 1 N–H and O–H groups in total. The van der Waals surface area contributed by atoms with Gasteiger partial charge in [0.2, 0.25) is 11.8 Å². The van der Waals surface area contributed by atoms with Crippen LogP contribution in [0.2, 0.25) is 0 Å². The van der Waals surface area contributed by atoms with Crippen molar-refractivity contribution in [3.63, 3.8) is 0 Å². The van der Waals surface area contributed by atoms with E-state index in [2.05, 4.69) is 5.32 Å². The van der Waals surface area contributed by atoms with Crippen molar-refractivity contribution in [3.05, 3.63) is 0 Å². The van der Waals surface area contributed by atoms with Gasteiger partial charge in [-0.3, -0.25) is 9.59 Å². The van der Waals surface area contributed by atoms with Crippen molar-refractivity contribution in [1.82, 2.24) is 10.2 Å². The predicted molar refractivity (Wildman–Crippen MR) is 76.2 cm³/mol. The molecule has 2 rings (SSSR count). The van der Waals surface area contributed by atoms with E-state index in [9.17, 15) is 9.59 Å². The molecule has 0 bridgehead atoms. The summed E-state index contributed by atoms with van der Waals surface area (Å²) in [7, 11) is 1.66. The second-order valence-electron chi connectivity index (χ2n) is 6.12. The minimum atomic E-state index is -0.686. The normalized spacial score (nSPS) is 30.6. The maximum absolute atomic E-state index is 12.8. The van der Waals surface area contributed by atoms with E-state index in [1.165, 1.54) is 0 Å². The summed E-state index contributed by atoms with van der Waals surface area (Å²) in [5.74, 6) is 0.416. The van der Waals surface area contributed by atoms with E-state index in [1.807, 2.05) is 13.8 Å². The van der Waals surface area contributed by atoms with Gasteiger partial charge in [-0.25, -0.2) is 0 Å². The lowest BCUT2D eigenvalue weighted by molar-refractivity contribution is -0.155. The number of carbonyl (C=O) groups is 2. The molecular weight excluding hydrogens is 256 g/mol. The molecule has 2 unspecified atom stereocenters. The number of carbonyl (C=O) groups excluding carboxylic acids is 2.